The largest absolute Gasteiger partial charge is 0.406 e. The molecule has 1 aromatic heterocycles. The van der Waals surface area contributed by atoms with Crippen molar-refractivity contribution in [3.05, 3.63) is 5.89 Å². The van der Waals surface area contributed by atoms with Gasteiger partial charge in [-0.3, -0.25) is 0 Å². The first kappa shape index (κ1) is 11.3. The Hall–Kier alpha value is -1.14. The van der Waals surface area contributed by atoms with Crippen LogP contribution in [-0.4, -0.2) is 29.5 Å². The summed E-state index contributed by atoms with van der Waals surface area (Å²) >= 11 is 0. The highest BCUT2D eigenvalue weighted by Gasteiger charge is 2.15. The van der Waals surface area contributed by atoms with Crippen molar-refractivity contribution in [1.82, 2.24) is 10.2 Å². The Balaban J connectivity index is 1.72. The Morgan fingerprint density at radius 3 is 3.06 bits per heavy atom. The van der Waals surface area contributed by atoms with E-state index in [4.69, 9.17) is 14.9 Å². The van der Waals surface area contributed by atoms with Crippen LogP contribution in [0.15, 0.2) is 4.42 Å². The first-order chi connectivity index (χ1) is 7.75. The fourth-order valence-electron chi connectivity index (χ4n) is 1.70. The molecule has 1 aliphatic rings. The Kier molecular flexibility index (Phi) is 3.74. The highest BCUT2D eigenvalue weighted by atomic mass is 16.5. The van der Waals surface area contributed by atoms with Gasteiger partial charge in [-0.05, 0) is 26.2 Å². The van der Waals surface area contributed by atoms with E-state index in [0.717, 1.165) is 26.0 Å². The van der Waals surface area contributed by atoms with Gasteiger partial charge < -0.3 is 20.2 Å². The van der Waals surface area contributed by atoms with Crippen LogP contribution in [-0.2, 0) is 4.74 Å². The number of aromatic nitrogens is 2. The summed E-state index contributed by atoms with van der Waals surface area (Å²) in [6.45, 7) is 3.48. The summed E-state index contributed by atoms with van der Waals surface area (Å²) in [6, 6.07) is 0.214. The predicted octanol–water partition coefficient (Wildman–Crippen LogP) is 1.07. The molecule has 1 aliphatic heterocycles. The number of hydrogen-bond acceptors (Lipinski definition) is 6. The van der Waals surface area contributed by atoms with Crippen LogP contribution in [0.3, 0.4) is 0 Å². The lowest BCUT2D eigenvalue weighted by Crippen LogP contribution is -2.12. The summed E-state index contributed by atoms with van der Waals surface area (Å²) in [7, 11) is 0. The first-order valence-electron chi connectivity index (χ1n) is 5.70. The molecule has 2 rings (SSSR count). The molecule has 90 valence electrons. The lowest BCUT2D eigenvalue weighted by molar-refractivity contribution is 0.107. The van der Waals surface area contributed by atoms with Gasteiger partial charge in [0.15, 0.2) is 0 Å². The third kappa shape index (κ3) is 2.93. The summed E-state index contributed by atoms with van der Waals surface area (Å²) in [5.41, 5.74) is 5.61. The maximum absolute atomic E-state index is 5.61. The standard InChI is InChI=1S/C10H18N4O2/c1-7(11)9-13-14-10(16-9)12-5-4-8-3-2-6-15-8/h7-8H,2-6,11H2,1H3,(H,12,14). The van der Waals surface area contributed by atoms with Crippen LogP contribution in [0, 0.1) is 0 Å². The van der Waals surface area contributed by atoms with Crippen molar-refractivity contribution in [1.29, 1.82) is 0 Å². The van der Waals surface area contributed by atoms with Gasteiger partial charge in [-0.2, -0.15) is 0 Å². The topological polar surface area (TPSA) is 86.2 Å². The predicted molar refractivity (Wildman–Crippen MR) is 59.0 cm³/mol. The number of ether oxygens (including phenoxy) is 1. The molecule has 2 heterocycles. The smallest absolute Gasteiger partial charge is 0.315 e. The van der Waals surface area contributed by atoms with E-state index in [1.807, 2.05) is 6.92 Å². The third-order valence-corrected chi connectivity index (χ3v) is 2.60. The van der Waals surface area contributed by atoms with E-state index in [0.29, 0.717) is 18.0 Å². The molecule has 0 bridgehead atoms. The SMILES string of the molecule is CC(N)c1nnc(NCCC2CCCO2)o1. The van der Waals surface area contributed by atoms with E-state index in [2.05, 4.69) is 15.5 Å². The minimum Gasteiger partial charge on any atom is -0.406 e. The van der Waals surface area contributed by atoms with E-state index in [1.165, 1.54) is 6.42 Å². The van der Waals surface area contributed by atoms with Gasteiger partial charge in [-0.25, -0.2) is 0 Å². The Labute approximate surface area is 94.6 Å². The zero-order chi connectivity index (χ0) is 11.4. The second-order valence-electron chi connectivity index (χ2n) is 4.08. The Morgan fingerprint density at radius 2 is 2.44 bits per heavy atom. The zero-order valence-corrected chi connectivity index (χ0v) is 9.48. The molecule has 16 heavy (non-hydrogen) atoms. The van der Waals surface area contributed by atoms with Crippen molar-refractivity contribution < 1.29 is 9.15 Å². The molecule has 3 N–H and O–H groups in total. The molecule has 2 atom stereocenters. The number of nitrogens with zero attached hydrogens (tertiary/aromatic N) is 2. The molecule has 1 aromatic rings. The molecule has 6 heteroatoms. The molecule has 0 amide bonds. The van der Waals surface area contributed by atoms with E-state index >= 15 is 0 Å². The van der Waals surface area contributed by atoms with E-state index < -0.39 is 0 Å². The van der Waals surface area contributed by atoms with Gasteiger partial charge >= 0.3 is 6.01 Å². The summed E-state index contributed by atoms with van der Waals surface area (Å²) < 4.78 is 10.8. The van der Waals surface area contributed by atoms with E-state index in [1.54, 1.807) is 0 Å². The number of nitrogens with two attached hydrogens (primary N) is 1. The normalized spacial score (nSPS) is 22.2. The van der Waals surface area contributed by atoms with Crippen molar-refractivity contribution in [2.24, 2.45) is 5.73 Å². The summed E-state index contributed by atoms with van der Waals surface area (Å²) in [4.78, 5) is 0. The Morgan fingerprint density at radius 1 is 1.56 bits per heavy atom. The maximum atomic E-state index is 5.61. The van der Waals surface area contributed by atoms with E-state index in [-0.39, 0.29) is 6.04 Å². The molecule has 0 radical (unpaired) electrons. The number of rotatable bonds is 5. The summed E-state index contributed by atoms with van der Waals surface area (Å²) in [6.07, 6.45) is 3.66. The number of hydrogen-bond donors (Lipinski definition) is 2. The second kappa shape index (κ2) is 5.27. The van der Waals surface area contributed by atoms with Crippen molar-refractivity contribution in [3.63, 3.8) is 0 Å². The van der Waals surface area contributed by atoms with Crippen LogP contribution < -0.4 is 11.1 Å². The van der Waals surface area contributed by atoms with Gasteiger partial charge in [0, 0.05) is 13.2 Å². The average molecular weight is 226 g/mol. The van der Waals surface area contributed by atoms with Crippen LogP contribution in [0.2, 0.25) is 0 Å². The molecule has 1 saturated heterocycles. The van der Waals surface area contributed by atoms with Gasteiger partial charge in [0.25, 0.3) is 0 Å². The van der Waals surface area contributed by atoms with Gasteiger partial charge in [-0.1, -0.05) is 5.10 Å². The highest BCUT2D eigenvalue weighted by Crippen LogP contribution is 2.16. The molecule has 0 aromatic carbocycles. The van der Waals surface area contributed by atoms with Crippen LogP contribution in [0.25, 0.3) is 0 Å². The molecule has 0 spiro atoms. The Bertz CT molecular complexity index is 320. The zero-order valence-electron chi connectivity index (χ0n) is 9.48. The first-order valence-corrected chi connectivity index (χ1v) is 5.70. The highest BCUT2D eigenvalue weighted by molar-refractivity contribution is 5.16. The average Bonchev–Trinajstić information content (AvgIpc) is 2.87. The molecule has 2 unspecified atom stereocenters. The maximum Gasteiger partial charge on any atom is 0.315 e. The molecular weight excluding hydrogens is 208 g/mol. The second-order valence-corrected chi connectivity index (χ2v) is 4.08. The van der Waals surface area contributed by atoms with Gasteiger partial charge in [0.05, 0.1) is 12.1 Å². The minimum atomic E-state index is -0.221. The molecule has 0 aliphatic carbocycles. The van der Waals surface area contributed by atoms with E-state index in [9.17, 15) is 0 Å². The lowest BCUT2D eigenvalue weighted by atomic mass is 10.2. The van der Waals surface area contributed by atoms with Crippen molar-refractivity contribution in [2.45, 2.75) is 38.3 Å². The van der Waals surface area contributed by atoms with Crippen molar-refractivity contribution in [2.75, 3.05) is 18.5 Å². The van der Waals surface area contributed by atoms with Crippen LogP contribution >= 0.6 is 0 Å². The number of anilines is 1. The third-order valence-electron chi connectivity index (χ3n) is 2.60. The monoisotopic (exact) mass is 226 g/mol. The number of nitrogens with one attached hydrogen (secondary N) is 1. The van der Waals surface area contributed by atoms with Gasteiger partial charge in [-0.15, -0.1) is 5.10 Å². The molecular formula is C10H18N4O2. The van der Waals surface area contributed by atoms with Gasteiger partial charge in [0.2, 0.25) is 5.89 Å². The van der Waals surface area contributed by atoms with Crippen molar-refractivity contribution in [3.8, 4) is 0 Å². The van der Waals surface area contributed by atoms with Crippen molar-refractivity contribution >= 4 is 6.01 Å². The minimum absolute atomic E-state index is 0.221. The quantitative estimate of drug-likeness (QED) is 0.781. The summed E-state index contributed by atoms with van der Waals surface area (Å²) in [5.74, 6) is 0.458. The fraction of sp³-hybridized carbons (Fsp3) is 0.800. The van der Waals surface area contributed by atoms with Crippen LogP contribution in [0.4, 0.5) is 6.01 Å². The molecule has 1 fully saturated rings. The lowest BCUT2D eigenvalue weighted by Gasteiger charge is -2.08. The summed E-state index contributed by atoms with van der Waals surface area (Å²) in [5, 5.41) is 10.8. The molecule has 0 saturated carbocycles. The fourth-order valence-corrected chi connectivity index (χ4v) is 1.70. The van der Waals surface area contributed by atoms with Crippen LogP contribution in [0.5, 0.6) is 0 Å². The van der Waals surface area contributed by atoms with Gasteiger partial charge in [0.1, 0.15) is 0 Å². The van der Waals surface area contributed by atoms with Crippen LogP contribution in [0.1, 0.15) is 38.1 Å². The molecule has 6 nitrogen and oxygen atoms in total.